The topological polar surface area (TPSA) is 278 Å². The number of halogens is 4. The molecule has 0 spiro atoms. The van der Waals surface area contributed by atoms with Gasteiger partial charge in [0.25, 0.3) is 0 Å². The molecule has 0 unspecified atom stereocenters. The van der Waals surface area contributed by atoms with Gasteiger partial charge in [0.1, 0.15) is 35.4 Å². The van der Waals surface area contributed by atoms with E-state index in [2.05, 4.69) is 298 Å². The molecule has 11 aromatic heterocycles. The summed E-state index contributed by atoms with van der Waals surface area (Å²) in [6.07, 6.45) is 24.8. The predicted molar refractivity (Wildman–Crippen MR) is 559 cm³/mol. The lowest BCUT2D eigenvalue weighted by molar-refractivity contribution is -0.142. The Morgan fingerprint density at radius 3 is 1.37 bits per heavy atom. The molecule has 0 bridgehead atoms. The second-order valence-electron chi connectivity index (χ2n) is 37.4. The Labute approximate surface area is 823 Å². The average molecular weight is 1910 g/mol. The van der Waals surface area contributed by atoms with Crippen LogP contribution >= 0.6 is 11.6 Å². The quantitative estimate of drug-likeness (QED) is 0.0857. The Bertz CT molecular complexity index is 5310. The largest absolute Gasteiger partial charge is 0.497 e. The highest BCUT2D eigenvalue weighted by atomic mass is 35.5. The maximum Gasteiger partial charge on any atom is 0.433 e. The third kappa shape index (κ3) is 50.9. The van der Waals surface area contributed by atoms with Crippen LogP contribution in [0.5, 0.6) is 11.6 Å². The number of amides is 1. The molecule has 748 valence electrons. The molecule has 0 atom stereocenters. The Morgan fingerprint density at radius 2 is 1.04 bits per heavy atom. The van der Waals surface area contributed by atoms with Crippen LogP contribution in [0.1, 0.15) is 362 Å². The van der Waals surface area contributed by atoms with Crippen molar-refractivity contribution in [2.75, 3.05) is 38.5 Å². The minimum absolute atomic E-state index is 0.0928. The van der Waals surface area contributed by atoms with E-state index in [0.29, 0.717) is 76.6 Å². The van der Waals surface area contributed by atoms with Gasteiger partial charge in [-0.15, -0.1) is 0 Å². The molecule has 28 heteroatoms. The number of aryl methyl sites for hydroxylation is 5. The van der Waals surface area contributed by atoms with Gasteiger partial charge >= 0.3 is 6.18 Å². The van der Waals surface area contributed by atoms with Crippen molar-refractivity contribution >= 4 is 29.3 Å². The van der Waals surface area contributed by atoms with E-state index in [4.69, 9.17) is 26.3 Å². The number of nitriles is 1. The van der Waals surface area contributed by atoms with Crippen LogP contribution in [-0.2, 0) is 44.1 Å². The molecule has 1 amide bonds. The molecular formula is C109H161ClF3N21O3. The van der Waals surface area contributed by atoms with Crippen LogP contribution in [-0.4, -0.2) is 123 Å². The fourth-order valence-electron chi connectivity index (χ4n) is 11.4. The van der Waals surface area contributed by atoms with E-state index < -0.39 is 11.9 Å². The Hall–Kier alpha value is -12.3. The molecule has 0 fully saturated rings. The van der Waals surface area contributed by atoms with Gasteiger partial charge in [0.05, 0.1) is 44.3 Å². The summed E-state index contributed by atoms with van der Waals surface area (Å²) >= 11 is 5.79. The molecular weight excluding hydrogens is 1740 g/mol. The van der Waals surface area contributed by atoms with Crippen molar-refractivity contribution in [2.45, 2.75) is 297 Å². The van der Waals surface area contributed by atoms with Gasteiger partial charge in [-0.05, 0) is 202 Å². The number of nitrogens with one attached hydrogen (secondary N) is 2. The number of carbonyl (C=O) groups excluding carboxylic acids is 1. The number of hydrogen-bond acceptors (Lipinski definition) is 18. The second-order valence-corrected chi connectivity index (χ2v) is 37.9. The number of anilines is 2. The number of rotatable bonds is 17. The smallest absolute Gasteiger partial charge is 0.433 e. The lowest BCUT2D eigenvalue weighted by Gasteiger charge is -2.14. The molecule has 0 aliphatic carbocycles. The number of imidazole rings is 1. The molecule has 0 aliphatic rings. The highest BCUT2D eigenvalue weighted by Crippen LogP contribution is 2.34. The molecule has 2 aromatic carbocycles. The normalized spacial score (nSPS) is 10.6. The van der Waals surface area contributed by atoms with Crippen LogP contribution in [0.3, 0.4) is 0 Å². The maximum atomic E-state index is 12.2. The van der Waals surface area contributed by atoms with Gasteiger partial charge in [-0.1, -0.05) is 241 Å². The number of hydrogen-bond donors (Lipinski definition) is 2. The number of pyridine rings is 4. The van der Waals surface area contributed by atoms with Gasteiger partial charge in [-0.3, -0.25) is 28.9 Å². The molecule has 0 saturated carbocycles. The zero-order valence-corrected chi connectivity index (χ0v) is 89.8. The van der Waals surface area contributed by atoms with Crippen molar-refractivity contribution in [2.24, 2.45) is 21.1 Å². The van der Waals surface area contributed by atoms with Gasteiger partial charge in [0, 0.05) is 151 Å². The average Bonchev–Trinajstić information content (AvgIpc) is 1.68. The predicted octanol–water partition coefficient (Wildman–Crippen LogP) is 27.9. The first-order chi connectivity index (χ1) is 64.2. The first kappa shape index (κ1) is 123. The molecule has 13 rings (SSSR count). The van der Waals surface area contributed by atoms with Gasteiger partial charge in [-0.2, -0.15) is 38.8 Å². The number of carbonyl (C=O) groups is 1. The van der Waals surface area contributed by atoms with E-state index in [1.54, 1.807) is 59.1 Å². The van der Waals surface area contributed by atoms with Crippen molar-refractivity contribution in [1.29, 1.82) is 5.26 Å². The van der Waals surface area contributed by atoms with E-state index in [1.165, 1.54) is 69.0 Å². The standard InChI is InChI=1S/C10H14N2O.C10H14O.C9H11Cl.C9H15N3.C9H10N2.C9H13NO.C9H13N.2C8H14N2.C7H9F3N2.C7H10N2.2C7H12N2/c1-7(2)9-4-5-10(11-6-9)12-8(3)13;1-8(2)9-4-6-10(11-3)7-5-9;1-7(2)8-4-3-5-9(10)6-8;1-7(2)8-5-10-9(11-6-8)12(3)4;1-7(2)8-3-4-9(5-10)11-6-8;1-7(2)8-5-4-6-10-9(8)11-3;1-7(2)9-4-5-10-8(3)6-9;1-8(2,3)7-5-9-10(4)6-7;1-4-10-5-8(7(2)3)9-6-10;1-4(2)5-3-11-12-6(5)7(8,9)10;1-6(2)7-3-8-5-9-4-7;1-6(2)7-4-5-9(3)8-7;1-6(2)7-4-5-8-9(7)3/h4-7H,1-3H3,(H,11,12,13);4-8H,1-3H3;3-7H,1-2H3;5-7H,1-4H3;3-4,6-7H,1-2H3;4-7H,1-3H3;4-7H,1-3H3;5-6H,1-4H3;5-7H,4H2,1-3H3;3-4H,1-2H3,(H,11,12);3-6H,1-2H3;2*4-6H,1-3H3. The number of nitrogens with zero attached hydrogens (tertiary/aromatic N) is 19. The number of alkyl halides is 3. The summed E-state index contributed by atoms with van der Waals surface area (Å²) in [5.41, 5.74) is 16.1. The maximum absolute atomic E-state index is 12.2. The Kier molecular flexibility index (Phi) is 57.9. The van der Waals surface area contributed by atoms with Crippen LogP contribution in [0.25, 0.3) is 0 Å². The number of H-pyrrole nitrogens is 1. The van der Waals surface area contributed by atoms with Crippen LogP contribution in [0.2, 0.25) is 5.02 Å². The van der Waals surface area contributed by atoms with Gasteiger partial charge in [0.15, 0.2) is 0 Å². The third-order valence-electron chi connectivity index (χ3n) is 20.3. The van der Waals surface area contributed by atoms with Crippen molar-refractivity contribution < 1.29 is 27.4 Å². The van der Waals surface area contributed by atoms with Crippen molar-refractivity contribution in [3.05, 3.63) is 303 Å². The Balaban J connectivity index is 0.000000743. The molecule has 13 aromatic rings. The van der Waals surface area contributed by atoms with Gasteiger partial charge < -0.3 is 24.3 Å². The number of benzene rings is 2. The summed E-state index contributed by atoms with van der Waals surface area (Å²) < 4.78 is 54.3. The first-order valence-corrected chi connectivity index (χ1v) is 47.3. The molecule has 2 N–H and O–H groups in total. The van der Waals surface area contributed by atoms with E-state index in [-0.39, 0.29) is 22.8 Å². The van der Waals surface area contributed by atoms with Gasteiger partial charge in [0.2, 0.25) is 17.7 Å². The van der Waals surface area contributed by atoms with Crippen LogP contribution in [0, 0.1) is 18.3 Å². The SMILES string of the molecule is CC(=O)Nc1ccc(C(C)C)cn1.CC(C)c1ccc(C#N)nc1.CC(C)c1cccc(Cl)c1.CC(C)c1ccn(C)n1.CC(C)c1ccnn1C.CC(C)c1cn[nH]c1C(F)(F)F.CC(C)c1cnc(N(C)C)nc1.CC(C)c1cncnc1.CCn1cnc(C(C)C)c1.COc1ccc(C(C)C)cc1.COc1ncccc1C(C)C.Cc1cc(C(C)C)ccn1.Cn1cc(C(C)(C)C)cn1. The fraction of sp³-hybridized carbons (Fsp3) is 0.477. The summed E-state index contributed by atoms with van der Waals surface area (Å²) in [7, 11) is 13.0. The zero-order chi connectivity index (χ0) is 104. The number of methoxy groups -OCH3 is 2. The third-order valence-corrected chi connectivity index (χ3v) is 20.6. The van der Waals surface area contributed by atoms with Crippen LogP contribution in [0.4, 0.5) is 24.9 Å². The summed E-state index contributed by atoms with van der Waals surface area (Å²) in [4.78, 5) is 49.3. The summed E-state index contributed by atoms with van der Waals surface area (Å²) in [6.45, 7) is 63.7. The van der Waals surface area contributed by atoms with Crippen molar-refractivity contribution in [3.63, 3.8) is 0 Å². The molecule has 137 heavy (non-hydrogen) atoms. The second kappa shape index (κ2) is 64.7. The molecule has 0 aliphatic heterocycles. The lowest BCUT2D eigenvalue weighted by Crippen LogP contribution is -2.12. The highest BCUT2D eigenvalue weighted by Gasteiger charge is 2.36. The fourth-order valence-corrected chi connectivity index (χ4v) is 11.6. The van der Waals surface area contributed by atoms with Crippen molar-refractivity contribution in [3.8, 4) is 17.7 Å². The highest BCUT2D eigenvalue weighted by molar-refractivity contribution is 6.30. The molecule has 24 nitrogen and oxygen atoms in total. The number of aromatic amines is 1. The van der Waals surface area contributed by atoms with E-state index in [9.17, 15) is 18.0 Å². The molecule has 0 saturated heterocycles. The summed E-state index contributed by atoms with van der Waals surface area (Å²) in [5, 5.41) is 29.6. The monoisotopic (exact) mass is 1900 g/mol. The number of aromatic nitrogens is 18. The molecule has 11 heterocycles. The summed E-state index contributed by atoms with van der Waals surface area (Å²) in [6, 6.07) is 37.9. The minimum atomic E-state index is -4.32. The Morgan fingerprint density at radius 1 is 0.511 bits per heavy atom. The van der Waals surface area contributed by atoms with Crippen LogP contribution < -0.4 is 19.7 Å². The van der Waals surface area contributed by atoms with Crippen LogP contribution in [0.15, 0.2) is 209 Å². The lowest BCUT2D eigenvalue weighted by atomic mass is 9.90. The summed E-state index contributed by atoms with van der Waals surface area (Å²) in [5.74, 6) is 8.69. The van der Waals surface area contributed by atoms with E-state index in [1.807, 2.05) is 201 Å². The molecule has 0 radical (unpaired) electrons. The van der Waals surface area contributed by atoms with E-state index >= 15 is 0 Å². The van der Waals surface area contributed by atoms with Crippen molar-refractivity contribution in [1.82, 2.24) is 89.0 Å². The first-order valence-electron chi connectivity index (χ1n) is 46.9. The number of ether oxygens (including phenoxy) is 2. The minimum Gasteiger partial charge on any atom is -0.497 e. The van der Waals surface area contributed by atoms with E-state index in [0.717, 1.165) is 46.1 Å². The zero-order valence-electron chi connectivity index (χ0n) is 89.0. The van der Waals surface area contributed by atoms with Gasteiger partial charge in [-0.25, -0.2) is 39.9 Å².